The first kappa shape index (κ1) is 14.6. The van der Waals surface area contributed by atoms with Crippen LogP contribution in [0.4, 0.5) is 0 Å². The number of carbonyl (C=O) groups is 2. The molecule has 0 spiro atoms. The monoisotopic (exact) mass is 296 g/mol. The van der Waals surface area contributed by atoms with Crippen LogP contribution >= 0.6 is 11.8 Å². The van der Waals surface area contributed by atoms with Crippen molar-refractivity contribution in [3.8, 4) is 0 Å². The van der Waals surface area contributed by atoms with E-state index in [-0.39, 0.29) is 35.6 Å². The number of nitrogens with one attached hydrogen (secondary N) is 3. The minimum absolute atomic E-state index is 0.0773. The summed E-state index contributed by atoms with van der Waals surface area (Å²) in [5.41, 5.74) is 0.0833. The molecule has 0 unspecified atom stereocenters. The number of H-pyrrole nitrogens is 1. The molecule has 1 heterocycles. The van der Waals surface area contributed by atoms with Gasteiger partial charge in [0.1, 0.15) is 0 Å². The van der Waals surface area contributed by atoms with Gasteiger partial charge in [0.15, 0.2) is 5.16 Å². The largest absolute Gasteiger partial charge is 0.358 e. The van der Waals surface area contributed by atoms with Crippen LogP contribution in [0.3, 0.4) is 0 Å². The van der Waals surface area contributed by atoms with Gasteiger partial charge in [0, 0.05) is 19.2 Å². The molecular formula is C12H16N4O3S. The Morgan fingerprint density at radius 1 is 1.45 bits per heavy atom. The molecule has 0 bridgehead atoms. The van der Waals surface area contributed by atoms with Gasteiger partial charge in [0.05, 0.1) is 17.9 Å². The SMILES string of the molecule is CNC(=O)CSc1nc(CC(=O)NC2CC2)cc(=O)[nH]1. The molecular weight excluding hydrogens is 280 g/mol. The molecule has 1 fully saturated rings. The van der Waals surface area contributed by atoms with Crippen LogP contribution in [0.25, 0.3) is 0 Å². The van der Waals surface area contributed by atoms with Crippen LogP contribution in [0.5, 0.6) is 0 Å². The van der Waals surface area contributed by atoms with Crippen LogP contribution in [-0.2, 0) is 16.0 Å². The molecule has 0 atom stereocenters. The fourth-order valence-electron chi connectivity index (χ4n) is 1.52. The average Bonchev–Trinajstić information content (AvgIpc) is 3.18. The highest BCUT2D eigenvalue weighted by molar-refractivity contribution is 7.99. The molecule has 1 aromatic rings. The lowest BCUT2D eigenvalue weighted by Gasteiger charge is -2.04. The van der Waals surface area contributed by atoms with Crippen molar-refractivity contribution in [2.75, 3.05) is 12.8 Å². The van der Waals surface area contributed by atoms with Gasteiger partial charge in [-0.3, -0.25) is 14.4 Å². The lowest BCUT2D eigenvalue weighted by Crippen LogP contribution is -2.28. The third-order valence-electron chi connectivity index (χ3n) is 2.68. The summed E-state index contributed by atoms with van der Waals surface area (Å²) in [6.07, 6.45) is 2.11. The van der Waals surface area contributed by atoms with Crippen molar-refractivity contribution in [2.24, 2.45) is 0 Å². The average molecular weight is 296 g/mol. The first-order valence-corrected chi connectivity index (χ1v) is 7.28. The Bertz CT molecular complexity index is 568. The van der Waals surface area contributed by atoms with Crippen molar-refractivity contribution < 1.29 is 9.59 Å². The molecule has 1 saturated carbocycles. The number of aromatic nitrogens is 2. The molecule has 1 aliphatic rings. The second-order valence-electron chi connectivity index (χ2n) is 4.52. The van der Waals surface area contributed by atoms with E-state index in [1.54, 1.807) is 0 Å². The van der Waals surface area contributed by atoms with Gasteiger partial charge in [-0.05, 0) is 12.8 Å². The summed E-state index contributed by atoms with van der Waals surface area (Å²) < 4.78 is 0. The number of carbonyl (C=O) groups excluding carboxylic acids is 2. The Labute approximate surface area is 119 Å². The van der Waals surface area contributed by atoms with E-state index in [1.165, 1.54) is 13.1 Å². The van der Waals surface area contributed by atoms with E-state index in [0.29, 0.717) is 10.9 Å². The number of nitrogens with zero attached hydrogens (tertiary/aromatic N) is 1. The highest BCUT2D eigenvalue weighted by atomic mass is 32.2. The molecule has 3 N–H and O–H groups in total. The topological polar surface area (TPSA) is 104 Å². The first-order valence-electron chi connectivity index (χ1n) is 6.30. The van der Waals surface area contributed by atoms with Crippen LogP contribution < -0.4 is 16.2 Å². The number of amides is 2. The predicted molar refractivity (Wildman–Crippen MR) is 74.5 cm³/mol. The summed E-state index contributed by atoms with van der Waals surface area (Å²) in [5.74, 6) is -0.126. The quantitative estimate of drug-likeness (QED) is 0.482. The third kappa shape index (κ3) is 4.69. The highest BCUT2D eigenvalue weighted by Gasteiger charge is 2.23. The predicted octanol–water partition coefficient (Wildman–Crippen LogP) is -0.571. The molecule has 8 heteroatoms. The van der Waals surface area contributed by atoms with Crippen LogP contribution in [0, 0.1) is 0 Å². The summed E-state index contributed by atoms with van der Waals surface area (Å²) in [6.45, 7) is 0. The van der Waals surface area contributed by atoms with Gasteiger partial charge >= 0.3 is 0 Å². The van der Waals surface area contributed by atoms with Crippen molar-refractivity contribution >= 4 is 23.6 Å². The molecule has 2 rings (SSSR count). The molecule has 1 aliphatic carbocycles. The summed E-state index contributed by atoms with van der Waals surface area (Å²) in [6, 6.07) is 1.59. The Morgan fingerprint density at radius 2 is 2.20 bits per heavy atom. The zero-order valence-corrected chi connectivity index (χ0v) is 11.9. The van der Waals surface area contributed by atoms with Crippen molar-refractivity contribution in [3.63, 3.8) is 0 Å². The maximum absolute atomic E-state index is 11.7. The number of rotatable bonds is 6. The Balaban J connectivity index is 1.97. The van der Waals surface area contributed by atoms with Gasteiger partial charge in [0.25, 0.3) is 5.56 Å². The first-order chi connectivity index (χ1) is 9.56. The van der Waals surface area contributed by atoms with E-state index in [9.17, 15) is 14.4 Å². The van der Waals surface area contributed by atoms with Gasteiger partial charge in [-0.2, -0.15) is 0 Å². The number of aromatic amines is 1. The Hall–Kier alpha value is -1.83. The van der Waals surface area contributed by atoms with Gasteiger partial charge in [-0.15, -0.1) is 0 Å². The second kappa shape index (κ2) is 6.56. The Kier molecular flexibility index (Phi) is 4.78. The van der Waals surface area contributed by atoms with Gasteiger partial charge in [0.2, 0.25) is 11.8 Å². The van der Waals surface area contributed by atoms with Crippen molar-refractivity contribution in [2.45, 2.75) is 30.5 Å². The molecule has 0 saturated heterocycles. The van der Waals surface area contributed by atoms with E-state index in [1.807, 2.05) is 0 Å². The van der Waals surface area contributed by atoms with Crippen LogP contribution in [0.2, 0.25) is 0 Å². The van der Waals surface area contributed by atoms with Crippen molar-refractivity contribution in [1.29, 1.82) is 0 Å². The molecule has 0 aromatic carbocycles. The van der Waals surface area contributed by atoms with E-state index in [2.05, 4.69) is 20.6 Å². The van der Waals surface area contributed by atoms with Gasteiger partial charge < -0.3 is 15.6 Å². The fraction of sp³-hybridized carbons (Fsp3) is 0.500. The molecule has 1 aromatic heterocycles. The minimum atomic E-state index is -0.325. The third-order valence-corrected chi connectivity index (χ3v) is 3.55. The number of hydrogen-bond acceptors (Lipinski definition) is 5. The van der Waals surface area contributed by atoms with Crippen LogP contribution in [0.1, 0.15) is 18.5 Å². The Morgan fingerprint density at radius 3 is 2.85 bits per heavy atom. The van der Waals surface area contributed by atoms with Crippen LogP contribution in [0.15, 0.2) is 16.0 Å². The summed E-state index contributed by atoms with van der Waals surface area (Å²) in [4.78, 5) is 41.0. The van der Waals surface area contributed by atoms with E-state index in [4.69, 9.17) is 0 Å². The molecule has 0 aliphatic heterocycles. The molecule has 108 valence electrons. The van der Waals surface area contributed by atoms with Crippen molar-refractivity contribution in [3.05, 3.63) is 22.1 Å². The summed E-state index contributed by atoms with van der Waals surface area (Å²) >= 11 is 1.12. The van der Waals surface area contributed by atoms with Crippen molar-refractivity contribution in [1.82, 2.24) is 20.6 Å². The minimum Gasteiger partial charge on any atom is -0.358 e. The zero-order chi connectivity index (χ0) is 14.5. The molecule has 0 radical (unpaired) electrons. The summed E-state index contributed by atoms with van der Waals surface area (Å²) in [5, 5.41) is 5.66. The van der Waals surface area contributed by atoms with Gasteiger partial charge in [-0.25, -0.2) is 4.98 Å². The van der Waals surface area contributed by atoms with E-state index in [0.717, 1.165) is 24.6 Å². The lowest BCUT2D eigenvalue weighted by molar-refractivity contribution is -0.120. The highest BCUT2D eigenvalue weighted by Crippen LogP contribution is 2.18. The fourth-order valence-corrected chi connectivity index (χ4v) is 2.29. The molecule has 20 heavy (non-hydrogen) atoms. The number of thioether (sulfide) groups is 1. The number of hydrogen-bond donors (Lipinski definition) is 3. The normalized spacial score (nSPS) is 13.8. The van der Waals surface area contributed by atoms with E-state index < -0.39 is 0 Å². The second-order valence-corrected chi connectivity index (χ2v) is 5.49. The standard InChI is InChI=1S/C12H16N4O3S/c1-13-11(19)6-20-12-15-8(5-10(18)16-12)4-9(17)14-7-2-3-7/h5,7H,2-4,6H2,1H3,(H,13,19)(H,14,17)(H,15,16,18). The van der Waals surface area contributed by atoms with E-state index >= 15 is 0 Å². The lowest BCUT2D eigenvalue weighted by atomic mass is 10.3. The molecule has 7 nitrogen and oxygen atoms in total. The maximum Gasteiger partial charge on any atom is 0.251 e. The van der Waals surface area contributed by atoms with Crippen LogP contribution in [-0.4, -0.2) is 40.6 Å². The zero-order valence-electron chi connectivity index (χ0n) is 11.1. The maximum atomic E-state index is 11.7. The van der Waals surface area contributed by atoms with Gasteiger partial charge in [-0.1, -0.05) is 11.8 Å². The smallest absolute Gasteiger partial charge is 0.251 e. The molecule has 2 amide bonds. The summed E-state index contributed by atoms with van der Waals surface area (Å²) in [7, 11) is 1.54.